The summed E-state index contributed by atoms with van der Waals surface area (Å²) >= 11 is 0. The average molecular weight is 199 g/mol. The third kappa shape index (κ3) is 2.43. The fourth-order valence-electron chi connectivity index (χ4n) is 1.01. The van der Waals surface area contributed by atoms with E-state index in [0.717, 1.165) is 0 Å². The molecule has 0 aliphatic rings. The number of carbonyl (C=O) groups is 1. The van der Waals surface area contributed by atoms with Crippen molar-refractivity contribution in [3.8, 4) is 0 Å². The topological polar surface area (TPSA) is 120 Å². The van der Waals surface area contributed by atoms with Gasteiger partial charge in [0, 0.05) is 5.92 Å². The number of hydrogen-bond acceptors (Lipinski definition) is 5. The quantitative estimate of drug-likeness (QED) is 0.566. The monoisotopic (exact) mass is 199 g/mol. The molecule has 1 heterocycles. The van der Waals surface area contributed by atoms with Gasteiger partial charge in [-0.05, 0) is 0 Å². The van der Waals surface area contributed by atoms with Crippen LogP contribution in [0.2, 0.25) is 0 Å². The van der Waals surface area contributed by atoms with Gasteiger partial charge in [0.05, 0.1) is 12.7 Å². The zero-order chi connectivity index (χ0) is 10.7. The number of hydrogen-bond donors (Lipinski definition) is 3. The van der Waals surface area contributed by atoms with E-state index < -0.39 is 12.0 Å². The second kappa shape index (κ2) is 4.05. The molecular weight excluding hydrogens is 186 g/mol. The zero-order valence-electron chi connectivity index (χ0n) is 7.79. The lowest BCUT2D eigenvalue weighted by Crippen LogP contribution is -2.38. The lowest BCUT2D eigenvalue weighted by Gasteiger charge is -2.14. The Kier molecular flexibility index (Phi) is 3.03. The Labute approximate surface area is 80.7 Å². The fraction of sp³-hybridized carbons (Fsp3) is 0.571. The zero-order valence-corrected chi connectivity index (χ0v) is 7.79. The molecule has 0 aliphatic heterocycles. The molecule has 1 aromatic rings. The molecule has 0 aliphatic carbocycles. The van der Waals surface area contributed by atoms with E-state index in [1.165, 1.54) is 11.0 Å². The van der Waals surface area contributed by atoms with Gasteiger partial charge in [0.2, 0.25) is 0 Å². The van der Waals surface area contributed by atoms with Gasteiger partial charge in [-0.15, -0.1) is 5.10 Å². The maximum absolute atomic E-state index is 10.5. The summed E-state index contributed by atoms with van der Waals surface area (Å²) in [5, 5.41) is 16.3. The van der Waals surface area contributed by atoms with E-state index in [9.17, 15) is 4.79 Å². The second-order valence-electron chi connectivity index (χ2n) is 3.17. The first kappa shape index (κ1) is 10.5. The minimum Gasteiger partial charge on any atom is -0.480 e. The highest BCUT2D eigenvalue weighted by molar-refractivity contribution is 5.73. The van der Waals surface area contributed by atoms with Gasteiger partial charge in [-0.1, -0.05) is 6.92 Å². The molecule has 7 heteroatoms. The van der Waals surface area contributed by atoms with Gasteiger partial charge < -0.3 is 16.6 Å². The van der Waals surface area contributed by atoms with Crippen LogP contribution in [-0.2, 0) is 11.3 Å². The van der Waals surface area contributed by atoms with Crippen LogP contribution >= 0.6 is 0 Å². The van der Waals surface area contributed by atoms with Gasteiger partial charge >= 0.3 is 5.97 Å². The van der Waals surface area contributed by atoms with E-state index in [1.54, 1.807) is 6.92 Å². The van der Waals surface area contributed by atoms with E-state index in [0.29, 0.717) is 12.4 Å². The Bertz CT molecular complexity index is 324. The van der Waals surface area contributed by atoms with Crippen molar-refractivity contribution in [2.45, 2.75) is 19.5 Å². The molecule has 0 saturated heterocycles. The predicted molar refractivity (Wildman–Crippen MR) is 49.2 cm³/mol. The van der Waals surface area contributed by atoms with Crippen molar-refractivity contribution in [2.24, 2.45) is 11.7 Å². The highest BCUT2D eigenvalue weighted by atomic mass is 16.4. The molecule has 5 N–H and O–H groups in total. The molecule has 1 aromatic heterocycles. The van der Waals surface area contributed by atoms with E-state index >= 15 is 0 Å². The van der Waals surface area contributed by atoms with Crippen molar-refractivity contribution in [3.05, 3.63) is 6.20 Å². The smallest absolute Gasteiger partial charge is 0.320 e. The largest absolute Gasteiger partial charge is 0.480 e. The maximum atomic E-state index is 10.5. The van der Waals surface area contributed by atoms with Gasteiger partial charge in [0.15, 0.2) is 5.82 Å². The molecule has 0 amide bonds. The van der Waals surface area contributed by atoms with Crippen LogP contribution in [-0.4, -0.2) is 32.1 Å². The molecule has 0 saturated carbocycles. The van der Waals surface area contributed by atoms with Crippen LogP contribution in [0.3, 0.4) is 0 Å². The molecule has 0 aromatic carbocycles. The molecule has 1 unspecified atom stereocenters. The Morgan fingerprint density at radius 3 is 2.86 bits per heavy atom. The molecule has 0 radical (unpaired) electrons. The maximum Gasteiger partial charge on any atom is 0.320 e. The van der Waals surface area contributed by atoms with E-state index in [1.807, 2.05) is 0 Å². The minimum absolute atomic E-state index is 0.251. The van der Waals surface area contributed by atoms with Crippen LogP contribution in [0.15, 0.2) is 6.20 Å². The van der Waals surface area contributed by atoms with Gasteiger partial charge in [-0.25, -0.2) is 0 Å². The second-order valence-corrected chi connectivity index (χ2v) is 3.17. The predicted octanol–water partition coefficient (Wildman–Crippen LogP) is -1.09. The van der Waals surface area contributed by atoms with Crippen LogP contribution in [0.4, 0.5) is 5.82 Å². The number of nitrogen functional groups attached to an aromatic ring is 1. The fourth-order valence-corrected chi connectivity index (χ4v) is 1.01. The summed E-state index contributed by atoms with van der Waals surface area (Å²) in [6.45, 7) is 2.06. The molecule has 0 spiro atoms. The highest BCUT2D eigenvalue weighted by Crippen LogP contribution is 2.04. The molecule has 7 nitrogen and oxygen atoms in total. The number of nitrogens with zero attached hydrogens (tertiary/aromatic N) is 3. The lowest BCUT2D eigenvalue weighted by molar-refractivity contribution is -0.139. The van der Waals surface area contributed by atoms with Crippen LogP contribution in [0.5, 0.6) is 0 Å². The first-order valence-corrected chi connectivity index (χ1v) is 4.14. The Hall–Kier alpha value is -1.63. The number of rotatable bonds is 4. The van der Waals surface area contributed by atoms with Gasteiger partial charge in [-0.2, -0.15) is 9.90 Å². The summed E-state index contributed by atoms with van der Waals surface area (Å²) in [7, 11) is 0. The SMILES string of the molecule is CC(Cn1ncc(N)n1)[C@H](N)C(=O)O. The number of anilines is 1. The number of aromatic nitrogens is 3. The third-order valence-corrected chi connectivity index (χ3v) is 1.90. The molecule has 0 fully saturated rings. The molecule has 2 atom stereocenters. The van der Waals surface area contributed by atoms with Crippen molar-refractivity contribution in [1.29, 1.82) is 0 Å². The Morgan fingerprint density at radius 1 is 1.79 bits per heavy atom. The number of carboxylic acid groups (broad SMARTS) is 1. The summed E-state index contributed by atoms with van der Waals surface area (Å²) in [6.07, 6.45) is 1.40. The van der Waals surface area contributed by atoms with Gasteiger partial charge in [-0.3, -0.25) is 4.79 Å². The Morgan fingerprint density at radius 2 is 2.43 bits per heavy atom. The molecule has 14 heavy (non-hydrogen) atoms. The summed E-state index contributed by atoms with van der Waals surface area (Å²) in [5.41, 5.74) is 10.8. The summed E-state index contributed by atoms with van der Waals surface area (Å²) in [5.74, 6) is -0.974. The van der Waals surface area contributed by atoms with Crippen LogP contribution < -0.4 is 11.5 Å². The summed E-state index contributed by atoms with van der Waals surface area (Å²) in [6, 6.07) is -0.915. The van der Waals surface area contributed by atoms with Crippen molar-refractivity contribution in [2.75, 3.05) is 5.73 Å². The minimum atomic E-state index is -1.03. The molecule has 0 bridgehead atoms. The first-order valence-electron chi connectivity index (χ1n) is 4.14. The van der Waals surface area contributed by atoms with Crippen molar-refractivity contribution in [1.82, 2.24) is 15.0 Å². The Balaban J connectivity index is 2.56. The molecule has 1 rings (SSSR count). The van der Waals surface area contributed by atoms with Crippen molar-refractivity contribution in [3.63, 3.8) is 0 Å². The standard InChI is InChI=1S/C7H13N5O2/c1-4(6(9)7(13)14)3-12-10-2-5(8)11-12/h2,4,6H,3,9H2,1H3,(H2,8,11)(H,13,14)/t4?,6-/m0/s1. The number of carboxylic acids is 1. The highest BCUT2D eigenvalue weighted by Gasteiger charge is 2.20. The van der Waals surface area contributed by atoms with E-state index in [4.69, 9.17) is 16.6 Å². The third-order valence-electron chi connectivity index (χ3n) is 1.90. The lowest BCUT2D eigenvalue weighted by atomic mass is 10.0. The first-order chi connectivity index (χ1) is 6.50. The normalized spacial score (nSPS) is 15.0. The van der Waals surface area contributed by atoms with Gasteiger partial charge in [0.25, 0.3) is 0 Å². The summed E-state index contributed by atoms with van der Waals surface area (Å²) in [4.78, 5) is 11.9. The number of nitrogens with two attached hydrogens (primary N) is 2. The number of aliphatic carboxylic acids is 1. The van der Waals surface area contributed by atoms with Crippen LogP contribution in [0, 0.1) is 5.92 Å². The molecular formula is C7H13N5O2. The van der Waals surface area contributed by atoms with Crippen LogP contribution in [0.25, 0.3) is 0 Å². The molecule has 78 valence electrons. The summed E-state index contributed by atoms with van der Waals surface area (Å²) < 4.78 is 0. The van der Waals surface area contributed by atoms with E-state index in [-0.39, 0.29) is 5.92 Å². The average Bonchev–Trinajstić information content (AvgIpc) is 2.49. The van der Waals surface area contributed by atoms with Crippen molar-refractivity contribution < 1.29 is 9.90 Å². The van der Waals surface area contributed by atoms with E-state index in [2.05, 4.69) is 10.2 Å². The van der Waals surface area contributed by atoms with Gasteiger partial charge in [0.1, 0.15) is 6.04 Å². The van der Waals surface area contributed by atoms with Crippen LogP contribution in [0.1, 0.15) is 6.92 Å². The van der Waals surface area contributed by atoms with Crippen molar-refractivity contribution >= 4 is 11.8 Å².